The predicted octanol–water partition coefficient (Wildman–Crippen LogP) is 6.43. The fraction of sp³-hybridized carbons (Fsp3) is 0.500. The summed E-state index contributed by atoms with van der Waals surface area (Å²) in [6, 6.07) is 10.2. The molecule has 0 aliphatic carbocycles. The van der Waals surface area contributed by atoms with E-state index in [1.54, 1.807) is 12.1 Å². The van der Waals surface area contributed by atoms with Crippen molar-refractivity contribution < 1.29 is 13.5 Å². The Hall–Kier alpha value is -2.25. The van der Waals surface area contributed by atoms with E-state index in [4.69, 9.17) is 0 Å². The van der Waals surface area contributed by atoms with Crippen molar-refractivity contribution in [3.8, 4) is 5.75 Å². The molecular formula is C24H35N3O3S. The van der Waals surface area contributed by atoms with Gasteiger partial charge in [-0.15, -0.1) is 5.11 Å². The summed E-state index contributed by atoms with van der Waals surface area (Å²) in [5.74, 6) is 0.116. The highest BCUT2D eigenvalue weighted by Crippen LogP contribution is 2.42. The third-order valence-electron chi connectivity index (χ3n) is 5.22. The summed E-state index contributed by atoms with van der Waals surface area (Å²) in [5.41, 5.74) is 2.42. The lowest BCUT2D eigenvalue weighted by Gasteiger charge is -2.26. The third kappa shape index (κ3) is 5.71. The summed E-state index contributed by atoms with van der Waals surface area (Å²) in [7, 11) is -3.51. The van der Waals surface area contributed by atoms with E-state index < -0.39 is 10.0 Å². The molecule has 2 aromatic carbocycles. The van der Waals surface area contributed by atoms with Gasteiger partial charge < -0.3 is 5.11 Å². The van der Waals surface area contributed by atoms with E-state index in [-0.39, 0.29) is 21.5 Å². The van der Waals surface area contributed by atoms with E-state index in [2.05, 4.69) is 31.0 Å². The van der Waals surface area contributed by atoms with Gasteiger partial charge in [0.05, 0.1) is 10.6 Å². The summed E-state index contributed by atoms with van der Waals surface area (Å²) in [6.45, 7) is 16.9. The molecule has 0 bridgehead atoms. The summed E-state index contributed by atoms with van der Waals surface area (Å²) in [6.07, 6.45) is 0. The van der Waals surface area contributed by atoms with Crippen molar-refractivity contribution in [2.75, 3.05) is 13.1 Å². The highest BCUT2D eigenvalue weighted by molar-refractivity contribution is 7.89. The fourth-order valence-corrected chi connectivity index (χ4v) is 4.67. The Labute approximate surface area is 187 Å². The van der Waals surface area contributed by atoms with Crippen LogP contribution in [0.15, 0.2) is 51.5 Å². The van der Waals surface area contributed by atoms with Gasteiger partial charge in [0, 0.05) is 18.7 Å². The highest BCUT2D eigenvalue weighted by atomic mass is 32.2. The molecule has 0 aliphatic heterocycles. The molecule has 6 nitrogen and oxygen atoms in total. The van der Waals surface area contributed by atoms with Crippen LogP contribution in [0.25, 0.3) is 0 Å². The second kappa shape index (κ2) is 9.09. The number of benzene rings is 2. The first kappa shape index (κ1) is 25.0. The second-order valence-electron chi connectivity index (χ2n) is 9.67. The number of azo groups is 1. The average Bonchev–Trinajstić information content (AvgIpc) is 2.66. The molecule has 0 saturated heterocycles. The maximum atomic E-state index is 12.6. The number of nitrogens with zero attached hydrogens (tertiary/aromatic N) is 3. The Morgan fingerprint density at radius 3 is 1.87 bits per heavy atom. The summed E-state index contributed by atoms with van der Waals surface area (Å²) < 4.78 is 26.7. The van der Waals surface area contributed by atoms with Gasteiger partial charge in [-0.3, -0.25) is 0 Å². The van der Waals surface area contributed by atoms with E-state index in [0.29, 0.717) is 24.5 Å². The molecule has 0 fully saturated rings. The fourth-order valence-electron chi connectivity index (χ4n) is 3.21. The molecular weight excluding hydrogens is 410 g/mol. The summed E-state index contributed by atoms with van der Waals surface area (Å²) in [4.78, 5) is 0.225. The Bertz CT molecular complexity index is 1040. The van der Waals surface area contributed by atoms with Crippen molar-refractivity contribution >= 4 is 21.4 Å². The first-order chi connectivity index (χ1) is 14.2. The van der Waals surface area contributed by atoms with Crippen LogP contribution in [0.4, 0.5) is 11.4 Å². The number of sulfonamides is 1. The zero-order valence-corrected chi connectivity index (χ0v) is 20.7. The van der Waals surface area contributed by atoms with Gasteiger partial charge in [0.15, 0.2) is 0 Å². The maximum absolute atomic E-state index is 12.6. The molecule has 2 aromatic rings. The number of phenolic OH excluding ortho intramolecular Hbond substituents is 1. The van der Waals surface area contributed by atoms with Crippen molar-refractivity contribution in [1.82, 2.24) is 4.31 Å². The number of phenols is 1. The van der Waals surface area contributed by atoms with Gasteiger partial charge in [0.1, 0.15) is 11.4 Å². The van der Waals surface area contributed by atoms with Gasteiger partial charge in [0.25, 0.3) is 0 Å². The molecule has 0 radical (unpaired) electrons. The van der Waals surface area contributed by atoms with Crippen LogP contribution in [-0.4, -0.2) is 30.9 Å². The standard InChI is InChI=1S/C24H35N3O3S/c1-9-27(10-2)31(29,30)19-13-11-18(12-14-19)25-26-21-16-17(23(3,4)5)15-20(22(21)28)24(6,7)8/h11-16,28H,9-10H2,1-8H3. The Balaban J connectivity index is 2.44. The van der Waals surface area contributed by atoms with Crippen LogP contribution >= 0.6 is 0 Å². The molecule has 7 heteroatoms. The molecule has 170 valence electrons. The average molecular weight is 446 g/mol. The van der Waals surface area contributed by atoms with Crippen LogP contribution in [0.3, 0.4) is 0 Å². The van der Waals surface area contributed by atoms with E-state index in [0.717, 1.165) is 11.1 Å². The van der Waals surface area contributed by atoms with E-state index in [9.17, 15) is 13.5 Å². The van der Waals surface area contributed by atoms with Crippen LogP contribution in [-0.2, 0) is 20.9 Å². The first-order valence-electron chi connectivity index (χ1n) is 10.6. The molecule has 0 atom stereocenters. The van der Waals surface area contributed by atoms with Gasteiger partial charge in [-0.25, -0.2) is 8.42 Å². The van der Waals surface area contributed by atoms with Gasteiger partial charge in [-0.1, -0.05) is 61.5 Å². The van der Waals surface area contributed by atoms with Crippen LogP contribution in [0.5, 0.6) is 5.75 Å². The number of hydrogen-bond donors (Lipinski definition) is 1. The van der Waals surface area contributed by atoms with Gasteiger partial charge in [0.2, 0.25) is 10.0 Å². The second-order valence-corrected chi connectivity index (χ2v) is 11.6. The van der Waals surface area contributed by atoms with E-state index >= 15 is 0 Å². The van der Waals surface area contributed by atoms with Crippen LogP contribution in [0, 0.1) is 0 Å². The largest absolute Gasteiger partial charge is 0.505 e. The SMILES string of the molecule is CCN(CC)S(=O)(=O)c1ccc(N=Nc2cc(C(C)(C)C)cc(C(C)(C)C)c2O)cc1. The Morgan fingerprint density at radius 1 is 0.871 bits per heavy atom. The van der Waals surface area contributed by atoms with Crippen molar-refractivity contribution in [2.24, 2.45) is 10.2 Å². The van der Waals surface area contributed by atoms with E-state index in [1.807, 2.05) is 46.8 Å². The summed E-state index contributed by atoms with van der Waals surface area (Å²) in [5, 5.41) is 19.4. The molecule has 1 N–H and O–H groups in total. The number of hydrogen-bond acceptors (Lipinski definition) is 5. The minimum absolute atomic E-state index is 0.113. The molecule has 0 amide bonds. The van der Waals surface area contributed by atoms with Crippen LogP contribution in [0.2, 0.25) is 0 Å². The van der Waals surface area contributed by atoms with Crippen molar-refractivity contribution in [2.45, 2.75) is 71.1 Å². The third-order valence-corrected chi connectivity index (χ3v) is 7.28. The lowest BCUT2D eigenvalue weighted by molar-refractivity contribution is 0.445. The van der Waals surface area contributed by atoms with E-state index in [1.165, 1.54) is 16.4 Å². The molecule has 0 spiro atoms. The van der Waals surface area contributed by atoms with Gasteiger partial charge >= 0.3 is 0 Å². The molecule has 31 heavy (non-hydrogen) atoms. The van der Waals surface area contributed by atoms with Crippen LogP contribution < -0.4 is 0 Å². The van der Waals surface area contributed by atoms with Gasteiger partial charge in [-0.2, -0.15) is 9.42 Å². The minimum atomic E-state index is -3.51. The number of rotatable bonds is 6. The maximum Gasteiger partial charge on any atom is 0.243 e. The first-order valence-corrected chi connectivity index (χ1v) is 12.1. The normalized spacial score (nSPS) is 13.3. The molecule has 2 rings (SSSR count). The highest BCUT2D eigenvalue weighted by Gasteiger charge is 2.25. The number of aromatic hydroxyl groups is 1. The van der Waals surface area contributed by atoms with Gasteiger partial charge in [-0.05, 0) is 46.7 Å². The lowest BCUT2D eigenvalue weighted by atomic mass is 9.80. The molecule has 0 heterocycles. The van der Waals surface area contributed by atoms with Crippen LogP contribution in [0.1, 0.15) is 66.5 Å². The van der Waals surface area contributed by atoms with Crippen molar-refractivity contribution in [3.05, 3.63) is 47.5 Å². The zero-order valence-electron chi connectivity index (χ0n) is 19.9. The lowest BCUT2D eigenvalue weighted by Crippen LogP contribution is -2.30. The zero-order chi connectivity index (χ0) is 23.6. The molecule has 0 aliphatic rings. The van der Waals surface area contributed by atoms with Crippen molar-refractivity contribution in [3.63, 3.8) is 0 Å². The topological polar surface area (TPSA) is 82.3 Å². The molecule has 0 saturated carbocycles. The predicted molar refractivity (Wildman–Crippen MR) is 126 cm³/mol. The monoisotopic (exact) mass is 445 g/mol. The van der Waals surface area contributed by atoms with Crippen molar-refractivity contribution in [1.29, 1.82) is 0 Å². The quantitative estimate of drug-likeness (QED) is 0.520. The Morgan fingerprint density at radius 2 is 1.42 bits per heavy atom. The summed E-state index contributed by atoms with van der Waals surface area (Å²) >= 11 is 0. The molecule has 0 aromatic heterocycles. The minimum Gasteiger partial charge on any atom is -0.505 e. The molecule has 0 unspecified atom stereocenters. The smallest absolute Gasteiger partial charge is 0.243 e. The Kier molecular flexibility index (Phi) is 7.33.